The molecule has 2 heterocycles. The van der Waals surface area contributed by atoms with Crippen molar-refractivity contribution in [3.63, 3.8) is 0 Å². The first-order valence-corrected chi connectivity index (χ1v) is 6.97. The summed E-state index contributed by atoms with van der Waals surface area (Å²) < 4.78 is 10.3. The van der Waals surface area contributed by atoms with E-state index >= 15 is 0 Å². The van der Waals surface area contributed by atoms with Gasteiger partial charge in [-0.15, -0.1) is 0 Å². The number of aromatic carboxylic acids is 1. The van der Waals surface area contributed by atoms with E-state index in [1.165, 1.54) is 6.07 Å². The van der Waals surface area contributed by atoms with Gasteiger partial charge in [-0.25, -0.2) is 4.79 Å². The van der Waals surface area contributed by atoms with Crippen LogP contribution in [0, 0.1) is 0 Å². The molecule has 0 radical (unpaired) electrons. The fourth-order valence-corrected chi connectivity index (χ4v) is 2.20. The number of fused-ring (bicyclic) bond motifs is 2. The highest BCUT2D eigenvalue weighted by molar-refractivity contribution is 5.91. The van der Waals surface area contributed by atoms with Gasteiger partial charge in [-0.3, -0.25) is 0 Å². The van der Waals surface area contributed by atoms with E-state index in [0.29, 0.717) is 11.3 Å². The monoisotopic (exact) mass is 310 g/mol. The Morgan fingerprint density at radius 1 is 0.870 bits per heavy atom. The molecule has 0 atom stereocenters. The van der Waals surface area contributed by atoms with Crippen LogP contribution in [0.15, 0.2) is 69.5 Å². The van der Waals surface area contributed by atoms with Crippen LogP contribution in [0.1, 0.15) is 16.3 Å². The molecule has 4 aromatic rings. The minimum atomic E-state index is -1.04. The number of rotatable bonds is 2. The number of hydrogen-bond acceptors (Lipinski definition) is 4. The molecule has 5 nitrogen and oxygen atoms in total. The molecule has 0 aliphatic carbocycles. The molecular formula is C18H14O5. The predicted octanol–water partition coefficient (Wildman–Crippen LogP) is 4.06. The third-order valence-corrected chi connectivity index (χ3v) is 3.27. The Bertz CT molecular complexity index is 882. The van der Waals surface area contributed by atoms with E-state index in [0.717, 1.165) is 16.4 Å². The van der Waals surface area contributed by atoms with E-state index in [9.17, 15) is 4.79 Å². The molecule has 0 unspecified atom stereocenters. The number of aliphatic hydroxyl groups is 1. The molecule has 2 aromatic heterocycles. The molecule has 0 saturated carbocycles. The maximum atomic E-state index is 10.5. The lowest BCUT2D eigenvalue weighted by molar-refractivity contribution is 0.0665. The third kappa shape index (κ3) is 3.25. The van der Waals surface area contributed by atoms with Gasteiger partial charge in [0.25, 0.3) is 0 Å². The van der Waals surface area contributed by atoms with Crippen molar-refractivity contribution in [3.8, 4) is 0 Å². The van der Waals surface area contributed by atoms with E-state index in [1.807, 2.05) is 42.5 Å². The van der Waals surface area contributed by atoms with Crippen molar-refractivity contribution in [2.75, 3.05) is 0 Å². The Balaban J connectivity index is 0.000000136. The highest BCUT2D eigenvalue weighted by atomic mass is 16.4. The van der Waals surface area contributed by atoms with Crippen molar-refractivity contribution >= 4 is 27.9 Å². The first-order valence-electron chi connectivity index (χ1n) is 6.97. The lowest BCUT2D eigenvalue weighted by atomic mass is 10.2. The Labute approximate surface area is 131 Å². The second-order valence-electron chi connectivity index (χ2n) is 4.86. The molecule has 0 aliphatic rings. The average Bonchev–Trinajstić information content (AvgIpc) is 3.19. The number of carbonyl (C=O) groups is 1. The van der Waals surface area contributed by atoms with Crippen LogP contribution in [-0.2, 0) is 6.61 Å². The van der Waals surface area contributed by atoms with Crippen LogP contribution >= 0.6 is 0 Å². The first kappa shape index (κ1) is 14.9. The molecule has 2 N–H and O–H groups in total. The Morgan fingerprint density at radius 3 is 1.96 bits per heavy atom. The molecule has 0 bridgehead atoms. The number of carboxylic acid groups (broad SMARTS) is 1. The van der Waals surface area contributed by atoms with Crippen LogP contribution in [0.4, 0.5) is 0 Å². The molecule has 23 heavy (non-hydrogen) atoms. The summed E-state index contributed by atoms with van der Waals surface area (Å²) in [5, 5.41) is 19.2. The van der Waals surface area contributed by atoms with Crippen molar-refractivity contribution in [1.29, 1.82) is 0 Å². The zero-order valence-electron chi connectivity index (χ0n) is 12.1. The van der Waals surface area contributed by atoms with Gasteiger partial charge >= 0.3 is 5.97 Å². The summed E-state index contributed by atoms with van der Waals surface area (Å²) >= 11 is 0. The summed E-state index contributed by atoms with van der Waals surface area (Å²) in [7, 11) is 0. The van der Waals surface area contributed by atoms with Crippen LogP contribution in [0.2, 0.25) is 0 Å². The normalized spacial score (nSPS) is 10.5. The number of carboxylic acids is 1. The molecule has 0 fully saturated rings. The number of benzene rings is 2. The third-order valence-electron chi connectivity index (χ3n) is 3.27. The second-order valence-corrected chi connectivity index (χ2v) is 4.86. The summed E-state index contributed by atoms with van der Waals surface area (Å²) in [6.45, 7) is -0.0331. The van der Waals surface area contributed by atoms with E-state index in [1.54, 1.807) is 12.1 Å². The first-order chi connectivity index (χ1) is 11.2. The van der Waals surface area contributed by atoms with Gasteiger partial charge in [-0.05, 0) is 24.3 Å². The van der Waals surface area contributed by atoms with Crippen molar-refractivity contribution in [3.05, 3.63) is 72.2 Å². The molecule has 2 aromatic carbocycles. The lowest BCUT2D eigenvalue weighted by Crippen LogP contribution is -1.91. The van der Waals surface area contributed by atoms with Crippen LogP contribution in [0.5, 0.6) is 0 Å². The van der Waals surface area contributed by atoms with Crippen molar-refractivity contribution in [1.82, 2.24) is 0 Å². The predicted molar refractivity (Wildman–Crippen MR) is 85.3 cm³/mol. The fourth-order valence-electron chi connectivity index (χ4n) is 2.20. The quantitative estimate of drug-likeness (QED) is 0.583. The minimum absolute atomic E-state index is 0.0174. The Kier molecular flexibility index (Phi) is 4.12. The van der Waals surface area contributed by atoms with Gasteiger partial charge in [-0.1, -0.05) is 36.4 Å². The molecule has 0 aliphatic heterocycles. The van der Waals surface area contributed by atoms with E-state index in [2.05, 4.69) is 0 Å². The van der Waals surface area contributed by atoms with Crippen LogP contribution < -0.4 is 0 Å². The van der Waals surface area contributed by atoms with Gasteiger partial charge in [0.15, 0.2) is 0 Å². The summed E-state index contributed by atoms with van der Waals surface area (Å²) in [5.74, 6) is -0.436. The molecule has 0 amide bonds. The number of hydrogen-bond donors (Lipinski definition) is 2. The molecular weight excluding hydrogens is 296 g/mol. The smallest absolute Gasteiger partial charge is 0.371 e. The number of aliphatic hydroxyl groups excluding tert-OH is 1. The van der Waals surface area contributed by atoms with Gasteiger partial charge in [0.05, 0.1) is 0 Å². The summed E-state index contributed by atoms with van der Waals surface area (Å²) in [4.78, 5) is 10.5. The maximum Gasteiger partial charge on any atom is 0.371 e. The topological polar surface area (TPSA) is 83.8 Å². The highest BCUT2D eigenvalue weighted by Gasteiger charge is 2.08. The number of para-hydroxylation sites is 2. The minimum Gasteiger partial charge on any atom is -0.475 e. The van der Waals surface area contributed by atoms with Gasteiger partial charge < -0.3 is 19.0 Å². The van der Waals surface area contributed by atoms with Gasteiger partial charge in [0, 0.05) is 10.8 Å². The maximum absolute atomic E-state index is 10.5. The average molecular weight is 310 g/mol. The Hall–Kier alpha value is -3.05. The molecule has 116 valence electrons. The summed E-state index contributed by atoms with van der Waals surface area (Å²) in [5.41, 5.74) is 1.44. The summed E-state index contributed by atoms with van der Waals surface area (Å²) in [6.07, 6.45) is 0. The van der Waals surface area contributed by atoms with E-state index < -0.39 is 5.97 Å². The van der Waals surface area contributed by atoms with Gasteiger partial charge in [-0.2, -0.15) is 0 Å². The largest absolute Gasteiger partial charge is 0.475 e. The van der Waals surface area contributed by atoms with E-state index in [-0.39, 0.29) is 12.4 Å². The highest BCUT2D eigenvalue weighted by Crippen LogP contribution is 2.19. The standard InChI is InChI=1S/C9H6O3.C9H8O2/c10-9(11)8-5-6-3-1-2-4-7(6)12-8;10-6-8-5-7-3-1-2-4-9(7)11-8/h1-5H,(H,10,11);1-5,10H,6H2. The van der Waals surface area contributed by atoms with Crippen LogP contribution in [-0.4, -0.2) is 16.2 Å². The zero-order valence-corrected chi connectivity index (χ0v) is 12.1. The van der Waals surface area contributed by atoms with Crippen molar-refractivity contribution in [2.45, 2.75) is 6.61 Å². The van der Waals surface area contributed by atoms with Crippen molar-refractivity contribution in [2.24, 2.45) is 0 Å². The fraction of sp³-hybridized carbons (Fsp3) is 0.0556. The van der Waals surface area contributed by atoms with Crippen LogP contribution in [0.3, 0.4) is 0 Å². The van der Waals surface area contributed by atoms with Gasteiger partial charge in [0.2, 0.25) is 5.76 Å². The second kappa shape index (κ2) is 6.37. The lowest BCUT2D eigenvalue weighted by Gasteiger charge is -1.83. The van der Waals surface area contributed by atoms with Crippen LogP contribution in [0.25, 0.3) is 21.9 Å². The van der Waals surface area contributed by atoms with Crippen molar-refractivity contribution < 1.29 is 23.8 Å². The Morgan fingerprint density at radius 2 is 1.43 bits per heavy atom. The summed E-state index contributed by atoms with van der Waals surface area (Å²) in [6, 6.07) is 18.2. The number of furan rings is 2. The van der Waals surface area contributed by atoms with E-state index in [4.69, 9.17) is 19.0 Å². The van der Waals surface area contributed by atoms with Gasteiger partial charge in [0.1, 0.15) is 23.5 Å². The molecule has 5 heteroatoms. The molecule has 4 rings (SSSR count). The molecule has 0 saturated heterocycles. The molecule has 0 spiro atoms. The zero-order chi connectivity index (χ0) is 16.2. The SMILES string of the molecule is O=C(O)c1cc2ccccc2o1.OCc1cc2ccccc2o1.